The maximum Gasteiger partial charge on any atom is 0.121 e. The van der Waals surface area contributed by atoms with Crippen molar-refractivity contribution in [1.29, 1.82) is 0 Å². The topological polar surface area (TPSA) is 41.5 Å². The number of rotatable bonds is 7. The van der Waals surface area contributed by atoms with Crippen LogP contribution >= 0.6 is 0 Å². The van der Waals surface area contributed by atoms with Crippen LogP contribution in [0.3, 0.4) is 0 Å². The monoisotopic (exact) mass is 251 g/mol. The smallest absolute Gasteiger partial charge is 0.121 e. The molecule has 3 heteroatoms. The lowest BCUT2D eigenvalue weighted by Gasteiger charge is -2.30. The molecule has 0 bridgehead atoms. The Morgan fingerprint density at radius 3 is 2.39 bits per heavy atom. The lowest BCUT2D eigenvalue weighted by Crippen LogP contribution is -2.32. The van der Waals surface area contributed by atoms with Gasteiger partial charge in [0.1, 0.15) is 5.75 Å². The Balaban J connectivity index is 2.71. The summed E-state index contributed by atoms with van der Waals surface area (Å²) in [7, 11) is 1.68. The average molecular weight is 251 g/mol. The van der Waals surface area contributed by atoms with E-state index < -0.39 is 0 Å². The van der Waals surface area contributed by atoms with Crippen LogP contribution in [-0.4, -0.2) is 25.4 Å². The Morgan fingerprint density at radius 1 is 1.28 bits per heavy atom. The Morgan fingerprint density at radius 2 is 1.94 bits per heavy atom. The molecule has 1 aromatic carbocycles. The van der Waals surface area contributed by atoms with E-state index in [1.54, 1.807) is 7.11 Å². The Bertz CT molecular complexity index is 364. The van der Waals surface area contributed by atoms with Gasteiger partial charge in [-0.1, -0.05) is 13.8 Å². The van der Waals surface area contributed by atoms with E-state index in [2.05, 4.69) is 25.2 Å². The van der Waals surface area contributed by atoms with Crippen molar-refractivity contribution >= 4 is 5.69 Å². The molecule has 0 saturated heterocycles. The van der Waals surface area contributed by atoms with Gasteiger partial charge in [-0.3, -0.25) is 0 Å². The van der Waals surface area contributed by atoms with E-state index in [1.807, 2.05) is 19.1 Å². The largest absolute Gasteiger partial charge is 0.496 e. The third-order valence-corrected chi connectivity index (χ3v) is 3.90. The molecule has 0 amide bonds. The molecule has 1 aromatic rings. The summed E-state index contributed by atoms with van der Waals surface area (Å²) in [6, 6.07) is 6.06. The molecule has 0 aliphatic carbocycles. The summed E-state index contributed by atoms with van der Waals surface area (Å²) < 4.78 is 5.24. The lowest BCUT2D eigenvalue weighted by molar-refractivity contribution is 0.127. The van der Waals surface area contributed by atoms with Crippen LogP contribution in [0.5, 0.6) is 5.75 Å². The molecule has 0 unspecified atom stereocenters. The number of ether oxygens (including phenoxy) is 1. The van der Waals surface area contributed by atoms with Crippen LogP contribution in [0, 0.1) is 12.3 Å². The molecule has 0 aliphatic heterocycles. The lowest BCUT2D eigenvalue weighted by atomic mass is 9.83. The molecular weight excluding hydrogens is 226 g/mol. The summed E-state index contributed by atoms with van der Waals surface area (Å²) in [4.78, 5) is 0. The standard InChI is InChI=1S/C15H25NO2/c1-5-15(6-2,11-17)10-16-13-7-8-14(18-4)12(3)9-13/h7-9,16-17H,5-6,10-11H2,1-4H3. The first-order chi connectivity index (χ1) is 8.60. The van der Waals surface area contributed by atoms with Crippen LogP contribution in [0.25, 0.3) is 0 Å². The quantitative estimate of drug-likeness (QED) is 0.782. The van der Waals surface area contributed by atoms with E-state index >= 15 is 0 Å². The van der Waals surface area contributed by atoms with Gasteiger partial charge < -0.3 is 15.2 Å². The van der Waals surface area contributed by atoms with Gasteiger partial charge in [0.2, 0.25) is 0 Å². The molecular formula is C15H25NO2. The molecule has 0 atom stereocenters. The van der Waals surface area contributed by atoms with Gasteiger partial charge >= 0.3 is 0 Å². The number of hydrogen-bond donors (Lipinski definition) is 2. The number of anilines is 1. The van der Waals surface area contributed by atoms with Crippen molar-refractivity contribution in [3.8, 4) is 5.75 Å². The highest BCUT2D eigenvalue weighted by atomic mass is 16.5. The second-order valence-electron chi connectivity index (χ2n) is 4.90. The normalized spacial score (nSPS) is 11.4. The second kappa shape index (κ2) is 6.64. The van der Waals surface area contributed by atoms with Crippen LogP contribution < -0.4 is 10.1 Å². The zero-order chi connectivity index (χ0) is 13.6. The highest BCUT2D eigenvalue weighted by molar-refractivity contribution is 5.50. The van der Waals surface area contributed by atoms with Gasteiger partial charge in [-0.15, -0.1) is 0 Å². The van der Waals surface area contributed by atoms with Crippen LogP contribution in [0.1, 0.15) is 32.3 Å². The van der Waals surface area contributed by atoms with E-state index in [4.69, 9.17) is 4.74 Å². The third kappa shape index (κ3) is 3.39. The van der Waals surface area contributed by atoms with Gasteiger partial charge in [0.05, 0.1) is 13.7 Å². The van der Waals surface area contributed by atoms with E-state index in [0.29, 0.717) is 0 Å². The molecule has 0 spiro atoms. The second-order valence-corrected chi connectivity index (χ2v) is 4.90. The minimum atomic E-state index is -0.0200. The van der Waals surface area contributed by atoms with Crippen molar-refractivity contribution in [2.45, 2.75) is 33.6 Å². The Kier molecular flexibility index (Phi) is 5.48. The van der Waals surface area contributed by atoms with Gasteiger partial charge in [0.15, 0.2) is 0 Å². The molecule has 3 nitrogen and oxygen atoms in total. The number of aliphatic hydroxyl groups is 1. The summed E-state index contributed by atoms with van der Waals surface area (Å²) >= 11 is 0. The highest BCUT2D eigenvalue weighted by Gasteiger charge is 2.24. The number of hydrogen-bond acceptors (Lipinski definition) is 3. The van der Waals surface area contributed by atoms with Crippen molar-refractivity contribution in [3.63, 3.8) is 0 Å². The molecule has 0 fully saturated rings. The predicted octanol–water partition coefficient (Wildman–Crippen LogP) is 3.21. The maximum absolute atomic E-state index is 9.53. The number of nitrogens with one attached hydrogen (secondary N) is 1. The van der Waals surface area contributed by atoms with Crippen molar-refractivity contribution < 1.29 is 9.84 Å². The SMILES string of the molecule is CCC(CC)(CO)CNc1ccc(OC)c(C)c1. The first kappa shape index (κ1) is 14.8. The molecule has 1 rings (SSSR count). The first-order valence-electron chi connectivity index (χ1n) is 6.60. The average Bonchev–Trinajstić information content (AvgIpc) is 2.41. The summed E-state index contributed by atoms with van der Waals surface area (Å²) in [6.45, 7) is 7.30. The van der Waals surface area contributed by atoms with Crippen LogP contribution in [-0.2, 0) is 0 Å². The van der Waals surface area contributed by atoms with Gasteiger partial charge in [-0.05, 0) is 43.5 Å². The van der Waals surface area contributed by atoms with E-state index in [-0.39, 0.29) is 12.0 Å². The number of aryl methyl sites for hydroxylation is 1. The van der Waals surface area contributed by atoms with Crippen LogP contribution in [0.4, 0.5) is 5.69 Å². The van der Waals surface area contributed by atoms with Gasteiger partial charge in [-0.2, -0.15) is 0 Å². The molecule has 0 saturated carbocycles. The molecule has 0 heterocycles. The Labute approximate surface area is 110 Å². The molecule has 2 N–H and O–H groups in total. The van der Waals surface area contributed by atoms with Crippen LogP contribution in [0.2, 0.25) is 0 Å². The summed E-state index contributed by atoms with van der Waals surface area (Å²) in [5.74, 6) is 0.903. The molecule has 0 aliphatic rings. The van der Waals surface area contributed by atoms with E-state index in [0.717, 1.165) is 36.4 Å². The number of methoxy groups -OCH3 is 1. The van der Waals surface area contributed by atoms with Gasteiger partial charge in [0.25, 0.3) is 0 Å². The fourth-order valence-electron chi connectivity index (χ4n) is 2.06. The zero-order valence-corrected chi connectivity index (χ0v) is 11.9. The summed E-state index contributed by atoms with van der Waals surface area (Å²) in [5, 5.41) is 12.9. The Hall–Kier alpha value is -1.22. The van der Waals surface area contributed by atoms with Crippen molar-refractivity contribution in [2.24, 2.45) is 5.41 Å². The van der Waals surface area contributed by atoms with Crippen molar-refractivity contribution in [3.05, 3.63) is 23.8 Å². The zero-order valence-electron chi connectivity index (χ0n) is 11.9. The van der Waals surface area contributed by atoms with E-state index in [1.165, 1.54) is 0 Å². The molecule has 18 heavy (non-hydrogen) atoms. The highest BCUT2D eigenvalue weighted by Crippen LogP contribution is 2.27. The summed E-state index contributed by atoms with van der Waals surface area (Å²) in [6.07, 6.45) is 1.95. The minimum absolute atomic E-state index is 0.0200. The van der Waals surface area contributed by atoms with Crippen molar-refractivity contribution in [1.82, 2.24) is 0 Å². The first-order valence-corrected chi connectivity index (χ1v) is 6.60. The molecule has 0 aromatic heterocycles. The fraction of sp³-hybridized carbons (Fsp3) is 0.600. The maximum atomic E-state index is 9.53. The molecule has 0 radical (unpaired) electrons. The summed E-state index contributed by atoms with van der Waals surface area (Å²) in [5.41, 5.74) is 2.17. The predicted molar refractivity (Wildman–Crippen MR) is 76.3 cm³/mol. The van der Waals surface area contributed by atoms with Crippen LogP contribution in [0.15, 0.2) is 18.2 Å². The van der Waals surface area contributed by atoms with E-state index in [9.17, 15) is 5.11 Å². The van der Waals surface area contributed by atoms with Gasteiger partial charge in [-0.25, -0.2) is 0 Å². The van der Waals surface area contributed by atoms with Gasteiger partial charge in [0, 0.05) is 17.6 Å². The number of benzene rings is 1. The van der Waals surface area contributed by atoms with Crippen molar-refractivity contribution in [2.75, 3.05) is 25.6 Å². The minimum Gasteiger partial charge on any atom is -0.496 e. The molecule has 102 valence electrons. The third-order valence-electron chi connectivity index (χ3n) is 3.90. The fourth-order valence-corrected chi connectivity index (χ4v) is 2.06. The number of aliphatic hydroxyl groups excluding tert-OH is 1.